The van der Waals surface area contributed by atoms with E-state index in [0.717, 1.165) is 18.5 Å². The van der Waals surface area contributed by atoms with Gasteiger partial charge in [0.1, 0.15) is 5.69 Å². The van der Waals surface area contributed by atoms with Gasteiger partial charge in [0.05, 0.1) is 0 Å². The number of anilines is 1. The fourth-order valence-electron chi connectivity index (χ4n) is 3.59. The first-order valence-corrected chi connectivity index (χ1v) is 10.3. The van der Waals surface area contributed by atoms with Crippen LogP contribution in [0.25, 0.3) is 11.5 Å². The number of hydrogen-bond donors (Lipinski definition) is 1. The summed E-state index contributed by atoms with van der Waals surface area (Å²) in [6, 6.07) is 13.6. The van der Waals surface area contributed by atoms with Crippen molar-refractivity contribution in [3.05, 3.63) is 60.1 Å². The molecule has 7 nitrogen and oxygen atoms in total. The Bertz CT molecular complexity index is 984. The van der Waals surface area contributed by atoms with E-state index in [4.69, 9.17) is 4.52 Å². The molecule has 7 heteroatoms. The van der Waals surface area contributed by atoms with Crippen molar-refractivity contribution in [2.75, 3.05) is 18.4 Å². The average molecular weight is 406 g/mol. The number of nitrogens with zero attached hydrogens (tertiary/aromatic N) is 4. The maximum Gasteiger partial charge on any atom is 0.321 e. The second-order valence-electron chi connectivity index (χ2n) is 8.69. The number of piperidine rings is 1. The smallest absolute Gasteiger partial charge is 0.321 e. The van der Waals surface area contributed by atoms with Crippen LogP contribution < -0.4 is 5.32 Å². The predicted molar refractivity (Wildman–Crippen MR) is 115 cm³/mol. The fraction of sp³-hybridized carbons (Fsp3) is 0.391. The second kappa shape index (κ2) is 8.26. The molecule has 3 heterocycles. The quantitative estimate of drug-likeness (QED) is 0.674. The van der Waals surface area contributed by atoms with Crippen LogP contribution in [0.2, 0.25) is 0 Å². The van der Waals surface area contributed by atoms with E-state index in [0.29, 0.717) is 30.5 Å². The molecule has 1 N–H and O–H groups in total. The van der Waals surface area contributed by atoms with Gasteiger partial charge in [0.2, 0.25) is 11.7 Å². The Morgan fingerprint density at radius 1 is 1.10 bits per heavy atom. The number of likely N-dealkylation sites (tertiary alicyclic amines) is 1. The molecule has 1 aliphatic heterocycles. The molecule has 0 aliphatic carbocycles. The first-order chi connectivity index (χ1) is 14.4. The maximum atomic E-state index is 12.6. The van der Waals surface area contributed by atoms with Gasteiger partial charge >= 0.3 is 6.03 Å². The van der Waals surface area contributed by atoms with E-state index in [-0.39, 0.29) is 17.4 Å². The molecule has 30 heavy (non-hydrogen) atoms. The van der Waals surface area contributed by atoms with E-state index in [1.807, 2.05) is 35.2 Å². The summed E-state index contributed by atoms with van der Waals surface area (Å²) in [7, 11) is 0. The number of carbonyl (C=O) groups is 1. The number of aromatic nitrogens is 3. The third-order valence-electron chi connectivity index (χ3n) is 5.47. The van der Waals surface area contributed by atoms with Gasteiger partial charge in [0.15, 0.2) is 0 Å². The van der Waals surface area contributed by atoms with E-state index in [9.17, 15) is 4.79 Å². The molecule has 0 saturated carbocycles. The number of carbonyl (C=O) groups excluding carboxylic acids is 1. The molecule has 4 rings (SSSR count). The third kappa shape index (κ3) is 4.50. The largest absolute Gasteiger partial charge is 0.339 e. The van der Waals surface area contributed by atoms with Gasteiger partial charge in [-0.05, 0) is 48.1 Å². The molecule has 156 valence electrons. The molecule has 0 bridgehead atoms. The zero-order valence-corrected chi connectivity index (χ0v) is 17.6. The zero-order chi connectivity index (χ0) is 21.1. The highest BCUT2D eigenvalue weighted by Crippen LogP contribution is 2.29. The molecule has 1 aliphatic rings. The number of urea groups is 1. The number of nitrogens with one attached hydrogen (secondary N) is 1. The van der Waals surface area contributed by atoms with Crippen LogP contribution in [0.5, 0.6) is 0 Å². The van der Waals surface area contributed by atoms with Crippen molar-refractivity contribution in [1.29, 1.82) is 0 Å². The molecule has 2 amide bonds. The van der Waals surface area contributed by atoms with Crippen LogP contribution in [-0.2, 0) is 5.41 Å². The summed E-state index contributed by atoms with van der Waals surface area (Å²) in [4.78, 5) is 23.2. The highest BCUT2D eigenvalue weighted by molar-refractivity contribution is 5.89. The lowest BCUT2D eigenvalue weighted by molar-refractivity contribution is 0.187. The molecule has 1 fully saturated rings. The normalized spacial score (nSPS) is 15.2. The third-order valence-corrected chi connectivity index (χ3v) is 5.47. The molecule has 1 aromatic carbocycles. The minimum atomic E-state index is -0.0725. The Morgan fingerprint density at radius 3 is 2.47 bits per heavy atom. The highest BCUT2D eigenvalue weighted by atomic mass is 16.5. The Hall–Kier alpha value is -3.22. The number of amides is 2. The Kier molecular flexibility index (Phi) is 5.53. The van der Waals surface area contributed by atoms with Crippen molar-refractivity contribution >= 4 is 11.7 Å². The van der Waals surface area contributed by atoms with E-state index in [2.05, 4.69) is 53.3 Å². The van der Waals surface area contributed by atoms with Crippen LogP contribution in [-0.4, -0.2) is 39.1 Å². The predicted octanol–water partition coefficient (Wildman–Crippen LogP) is 4.84. The summed E-state index contributed by atoms with van der Waals surface area (Å²) in [5.74, 6) is 1.28. The lowest BCUT2D eigenvalue weighted by Gasteiger charge is -2.30. The molecule has 3 aromatic rings. The van der Waals surface area contributed by atoms with Gasteiger partial charge in [-0.25, -0.2) is 4.79 Å². The SMILES string of the molecule is CC(C)(C)c1ccc(NC(=O)N2CCC(c3nc(-c4ccccn4)no3)CC2)cc1. The fourth-order valence-corrected chi connectivity index (χ4v) is 3.59. The minimum absolute atomic E-state index is 0.0725. The van der Waals surface area contributed by atoms with Gasteiger partial charge in [-0.15, -0.1) is 0 Å². The summed E-state index contributed by atoms with van der Waals surface area (Å²) in [6.45, 7) is 7.82. The maximum absolute atomic E-state index is 12.6. The van der Waals surface area contributed by atoms with Crippen LogP contribution >= 0.6 is 0 Å². The van der Waals surface area contributed by atoms with E-state index < -0.39 is 0 Å². The Balaban J connectivity index is 1.32. The standard InChI is InChI=1S/C23H27N5O2/c1-23(2,3)17-7-9-18(10-8-17)25-22(29)28-14-11-16(12-15-28)21-26-20(27-30-21)19-6-4-5-13-24-19/h4-10,13,16H,11-12,14-15H2,1-3H3,(H,25,29). The van der Waals surface area contributed by atoms with Gasteiger partial charge in [-0.2, -0.15) is 4.98 Å². The molecular formula is C23H27N5O2. The first-order valence-electron chi connectivity index (χ1n) is 10.3. The molecule has 2 aromatic heterocycles. The van der Waals surface area contributed by atoms with Gasteiger partial charge in [-0.3, -0.25) is 4.98 Å². The molecule has 1 saturated heterocycles. The summed E-state index contributed by atoms with van der Waals surface area (Å²) in [5, 5.41) is 7.05. The second-order valence-corrected chi connectivity index (χ2v) is 8.69. The number of hydrogen-bond acceptors (Lipinski definition) is 5. The van der Waals surface area contributed by atoms with Crippen LogP contribution in [0, 0.1) is 0 Å². The van der Waals surface area contributed by atoms with Crippen molar-refractivity contribution in [1.82, 2.24) is 20.0 Å². The Morgan fingerprint density at radius 2 is 1.83 bits per heavy atom. The van der Waals surface area contributed by atoms with E-state index in [1.54, 1.807) is 6.20 Å². The number of benzene rings is 1. The Labute approximate surface area is 176 Å². The highest BCUT2D eigenvalue weighted by Gasteiger charge is 2.28. The average Bonchev–Trinajstić information content (AvgIpc) is 3.24. The molecule has 0 atom stereocenters. The lowest BCUT2D eigenvalue weighted by Crippen LogP contribution is -2.40. The van der Waals surface area contributed by atoms with Crippen LogP contribution in [0.1, 0.15) is 51.0 Å². The molecule has 0 unspecified atom stereocenters. The summed E-state index contributed by atoms with van der Waals surface area (Å²) in [6.07, 6.45) is 3.29. The molecule has 0 radical (unpaired) electrons. The first kappa shape index (κ1) is 20.1. The lowest BCUT2D eigenvalue weighted by atomic mass is 9.87. The summed E-state index contributed by atoms with van der Waals surface area (Å²) < 4.78 is 5.47. The van der Waals surface area contributed by atoms with Crippen molar-refractivity contribution in [2.45, 2.75) is 44.9 Å². The zero-order valence-electron chi connectivity index (χ0n) is 17.6. The van der Waals surface area contributed by atoms with Crippen LogP contribution in [0.4, 0.5) is 10.5 Å². The molecule has 0 spiro atoms. The minimum Gasteiger partial charge on any atom is -0.339 e. The van der Waals surface area contributed by atoms with Crippen molar-refractivity contribution in [2.24, 2.45) is 0 Å². The van der Waals surface area contributed by atoms with Crippen LogP contribution in [0.15, 0.2) is 53.2 Å². The van der Waals surface area contributed by atoms with Gasteiger partial charge in [-0.1, -0.05) is 44.1 Å². The van der Waals surface area contributed by atoms with Crippen molar-refractivity contribution in [3.8, 4) is 11.5 Å². The van der Waals surface area contributed by atoms with Crippen molar-refractivity contribution < 1.29 is 9.32 Å². The summed E-state index contributed by atoms with van der Waals surface area (Å²) in [5.41, 5.74) is 2.84. The van der Waals surface area contributed by atoms with E-state index >= 15 is 0 Å². The van der Waals surface area contributed by atoms with Gasteiger partial charge in [0.25, 0.3) is 0 Å². The van der Waals surface area contributed by atoms with Crippen LogP contribution in [0.3, 0.4) is 0 Å². The van der Waals surface area contributed by atoms with Crippen molar-refractivity contribution in [3.63, 3.8) is 0 Å². The monoisotopic (exact) mass is 405 g/mol. The number of rotatable bonds is 3. The van der Waals surface area contributed by atoms with Gasteiger partial charge < -0.3 is 14.7 Å². The topological polar surface area (TPSA) is 84.2 Å². The van der Waals surface area contributed by atoms with Gasteiger partial charge in [0, 0.05) is 30.9 Å². The summed E-state index contributed by atoms with van der Waals surface area (Å²) >= 11 is 0. The molecular weight excluding hydrogens is 378 g/mol. The van der Waals surface area contributed by atoms with E-state index in [1.165, 1.54) is 5.56 Å². The number of pyridine rings is 1.